The molecule has 0 aliphatic heterocycles. The third kappa shape index (κ3) is 4.85. The molecule has 0 radical (unpaired) electrons. The number of aromatic nitrogens is 1. The summed E-state index contributed by atoms with van der Waals surface area (Å²) >= 11 is 0. The number of nitrogens with one attached hydrogen (secondary N) is 2. The van der Waals surface area contributed by atoms with E-state index >= 15 is 0 Å². The van der Waals surface area contributed by atoms with Crippen LogP contribution in [0.25, 0.3) is 10.9 Å². The first kappa shape index (κ1) is 19.8. The largest absolute Gasteiger partial charge is 0.493 e. The van der Waals surface area contributed by atoms with Crippen LogP contribution in [0, 0.1) is 5.92 Å². The molecule has 0 aliphatic carbocycles. The predicted molar refractivity (Wildman–Crippen MR) is 112 cm³/mol. The maximum Gasteiger partial charge on any atom is 0.251 e. The van der Waals surface area contributed by atoms with Gasteiger partial charge in [-0.05, 0) is 48.6 Å². The Morgan fingerprint density at radius 1 is 1.14 bits per heavy atom. The van der Waals surface area contributed by atoms with Gasteiger partial charge in [0.15, 0.2) is 11.5 Å². The number of hydrogen-bond acceptors (Lipinski definition) is 3. The van der Waals surface area contributed by atoms with Gasteiger partial charge in [0.25, 0.3) is 5.91 Å². The molecule has 1 amide bonds. The minimum atomic E-state index is -0.119. The van der Waals surface area contributed by atoms with Crippen molar-refractivity contribution >= 4 is 16.8 Å². The Morgan fingerprint density at radius 3 is 2.75 bits per heavy atom. The van der Waals surface area contributed by atoms with E-state index in [1.165, 1.54) is 10.9 Å². The molecule has 0 spiro atoms. The number of ether oxygens (including phenoxy) is 2. The van der Waals surface area contributed by atoms with Gasteiger partial charge < -0.3 is 19.8 Å². The van der Waals surface area contributed by atoms with Crippen LogP contribution in [-0.4, -0.2) is 31.2 Å². The van der Waals surface area contributed by atoms with E-state index in [9.17, 15) is 4.79 Å². The molecule has 28 heavy (non-hydrogen) atoms. The van der Waals surface area contributed by atoms with Crippen molar-refractivity contribution < 1.29 is 14.3 Å². The first-order valence-electron chi connectivity index (χ1n) is 9.72. The van der Waals surface area contributed by atoms with Crippen molar-refractivity contribution in [2.45, 2.75) is 26.7 Å². The Labute approximate surface area is 166 Å². The number of carbonyl (C=O) groups is 1. The van der Waals surface area contributed by atoms with Crippen LogP contribution in [0.1, 0.15) is 36.2 Å². The Morgan fingerprint density at radius 2 is 1.96 bits per heavy atom. The van der Waals surface area contributed by atoms with Crippen LogP contribution in [-0.2, 0) is 6.42 Å². The van der Waals surface area contributed by atoms with Gasteiger partial charge in [0.05, 0.1) is 13.7 Å². The van der Waals surface area contributed by atoms with E-state index in [0.29, 0.717) is 36.1 Å². The van der Waals surface area contributed by atoms with Gasteiger partial charge in [-0.2, -0.15) is 0 Å². The highest BCUT2D eigenvalue weighted by Crippen LogP contribution is 2.28. The van der Waals surface area contributed by atoms with Gasteiger partial charge in [0.2, 0.25) is 0 Å². The van der Waals surface area contributed by atoms with Crippen LogP contribution in [0.15, 0.2) is 48.7 Å². The molecule has 5 nitrogen and oxygen atoms in total. The number of fused-ring (bicyclic) bond motifs is 1. The minimum Gasteiger partial charge on any atom is -0.493 e. The maximum atomic E-state index is 12.5. The lowest BCUT2D eigenvalue weighted by Crippen LogP contribution is -2.25. The van der Waals surface area contributed by atoms with Crippen molar-refractivity contribution in [3.63, 3.8) is 0 Å². The number of benzene rings is 2. The zero-order valence-corrected chi connectivity index (χ0v) is 16.7. The molecule has 0 fully saturated rings. The topological polar surface area (TPSA) is 63.3 Å². The van der Waals surface area contributed by atoms with Crippen LogP contribution in [0.4, 0.5) is 0 Å². The average Bonchev–Trinajstić information content (AvgIpc) is 3.11. The Balaban J connectivity index is 1.57. The summed E-state index contributed by atoms with van der Waals surface area (Å²) < 4.78 is 11.2. The summed E-state index contributed by atoms with van der Waals surface area (Å²) in [4.78, 5) is 15.8. The molecular weight excluding hydrogens is 352 g/mol. The van der Waals surface area contributed by atoms with Gasteiger partial charge >= 0.3 is 0 Å². The van der Waals surface area contributed by atoms with Crippen LogP contribution in [0.2, 0.25) is 0 Å². The Hall–Kier alpha value is -2.95. The van der Waals surface area contributed by atoms with Crippen molar-refractivity contribution in [1.29, 1.82) is 0 Å². The molecule has 0 bridgehead atoms. The van der Waals surface area contributed by atoms with Crippen LogP contribution < -0.4 is 14.8 Å². The normalized spacial score (nSPS) is 11.0. The second kappa shape index (κ2) is 9.31. The van der Waals surface area contributed by atoms with E-state index in [2.05, 4.69) is 36.3 Å². The van der Waals surface area contributed by atoms with E-state index in [4.69, 9.17) is 9.47 Å². The molecule has 1 aromatic heterocycles. The van der Waals surface area contributed by atoms with Gasteiger partial charge in [-0.15, -0.1) is 0 Å². The number of aromatic amines is 1. The van der Waals surface area contributed by atoms with Crippen LogP contribution >= 0.6 is 0 Å². The fourth-order valence-corrected chi connectivity index (χ4v) is 3.08. The third-order valence-corrected chi connectivity index (χ3v) is 4.73. The van der Waals surface area contributed by atoms with E-state index in [1.807, 2.05) is 18.3 Å². The molecule has 0 saturated carbocycles. The first-order chi connectivity index (χ1) is 13.6. The zero-order valence-electron chi connectivity index (χ0n) is 16.7. The smallest absolute Gasteiger partial charge is 0.251 e. The number of methoxy groups -OCH3 is 1. The minimum absolute atomic E-state index is 0.119. The number of H-pyrrole nitrogens is 1. The van der Waals surface area contributed by atoms with Crippen LogP contribution in [0.3, 0.4) is 0 Å². The first-order valence-corrected chi connectivity index (χ1v) is 9.72. The van der Waals surface area contributed by atoms with Crippen LogP contribution in [0.5, 0.6) is 11.5 Å². The van der Waals surface area contributed by atoms with Crippen molar-refractivity contribution in [3.05, 3.63) is 59.8 Å². The van der Waals surface area contributed by atoms with E-state index in [0.717, 1.165) is 18.4 Å². The van der Waals surface area contributed by atoms with Gasteiger partial charge in [0, 0.05) is 29.2 Å². The Kier molecular flexibility index (Phi) is 6.58. The third-order valence-electron chi connectivity index (χ3n) is 4.73. The van der Waals surface area contributed by atoms with Gasteiger partial charge in [-0.3, -0.25) is 4.79 Å². The van der Waals surface area contributed by atoms with E-state index in [1.54, 1.807) is 25.3 Å². The van der Waals surface area contributed by atoms with Crippen molar-refractivity contribution in [2.24, 2.45) is 5.92 Å². The average molecular weight is 380 g/mol. The summed E-state index contributed by atoms with van der Waals surface area (Å²) in [5.41, 5.74) is 2.87. The second-order valence-electron chi connectivity index (χ2n) is 7.26. The van der Waals surface area contributed by atoms with E-state index in [-0.39, 0.29) is 5.91 Å². The summed E-state index contributed by atoms with van der Waals surface area (Å²) in [6.07, 6.45) is 3.74. The number of carbonyl (C=O) groups excluding carboxylic acids is 1. The predicted octanol–water partition coefficient (Wildman–Crippen LogP) is 4.57. The van der Waals surface area contributed by atoms with Crippen molar-refractivity contribution in [1.82, 2.24) is 10.3 Å². The van der Waals surface area contributed by atoms with Gasteiger partial charge in [-0.1, -0.05) is 32.0 Å². The lowest BCUT2D eigenvalue weighted by molar-refractivity contribution is 0.0953. The second-order valence-corrected chi connectivity index (χ2v) is 7.26. The van der Waals surface area contributed by atoms with Crippen molar-refractivity contribution in [2.75, 3.05) is 20.3 Å². The molecule has 0 aliphatic rings. The Bertz CT molecular complexity index is 930. The highest BCUT2D eigenvalue weighted by atomic mass is 16.5. The molecule has 1 heterocycles. The standard InChI is InChI=1S/C23H28N2O3/c1-16(2)11-13-28-21-9-8-17(14-22(21)27-3)23(26)24-12-10-18-15-25-20-7-5-4-6-19(18)20/h4-9,14-16,25H,10-13H2,1-3H3,(H,24,26). The summed E-state index contributed by atoms with van der Waals surface area (Å²) in [5, 5.41) is 4.18. The molecule has 0 atom stereocenters. The molecule has 3 aromatic rings. The number of para-hydroxylation sites is 1. The van der Waals surface area contributed by atoms with Crippen molar-refractivity contribution in [3.8, 4) is 11.5 Å². The molecular formula is C23H28N2O3. The maximum absolute atomic E-state index is 12.5. The molecule has 5 heteroatoms. The highest BCUT2D eigenvalue weighted by molar-refractivity contribution is 5.95. The lowest BCUT2D eigenvalue weighted by Gasteiger charge is -2.13. The molecule has 0 unspecified atom stereocenters. The highest BCUT2D eigenvalue weighted by Gasteiger charge is 2.12. The van der Waals surface area contributed by atoms with E-state index < -0.39 is 0 Å². The molecule has 0 saturated heterocycles. The summed E-state index contributed by atoms with van der Waals surface area (Å²) in [5.74, 6) is 1.70. The molecule has 2 N–H and O–H groups in total. The molecule has 148 valence electrons. The number of hydrogen-bond donors (Lipinski definition) is 2. The number of amides is 1. The molecule has 2 aromatic carbocycles. The lowest BCUT2D eigenvalue weighted by atomic mass is 10.1. The summed E-state index contributed by atoms with van der Waals surface area (Å²) in [6.45, 7) is 5.51. The quantitative estimate of drug-likeness (QED) is 0.571. The zero-order chi connectivity index (χ0) is 19.9. The monoisotopic (exact) mass is 380 g/mol. The summed E-state index contributed by atoms with van der Waals surface area (Å²) in [6, 6.07) is 13.5. The van der Waals surface area contributed by atoms with Gasteiger partial charge in [-0.25, -0.2) is 0 Å². The number of rotatable bonds is 9. The fraction of sp³-hybridized carbons (Fsp3) is 0.348. The molecule has 3 rings (SSSR count). The fourth-order valence-electron chi connectivity index (χ4n) is 3.08. The SMILES string of the molecule is COc1cc(C(=O)NCCc2c[nH]c3ccccc23)ccc1OCCC(C)C. The van der Waals surface area contributed by atoms with Gasteiger partial charge in [0.1, 0.15) is 0 Å². The summed E-state index contributed by atoms with van der Waals surface area (Å²) in [7, 11) is 1.59.